The van der Waals surface area contributed by atoms with E-state index < -0.39 is 4.92 Å². The molecule has 1 saturated heterocycles. The number of ether oxygens (including phenoxy) is 1. The van der Waals surface area contributed by atoms with Crippen LogP contribution in [0.15, 0.2) is 54.6 Å². The van der Waals surface area contributed by atoms with Crippen molar-refractivity contribution in [3.63, 3.8) is 0 Å². The summed E-state index contributed by atoms with van der Waals surface area (Å²) < 4.78 is 5.44. The molecule has 7 heteroatoms. The molecule has 1 aliphatic rings. The van der Waals surface area contributed by atoms with Gasteiger partial charge < -0.3 is 10.1 Å². The molecule has 1 atom stereocenters. The quantitative estimate of drug-likeness (QED) is 0.598. The predicted molar refractivity (Wildman–Crippen MR) is 101 cm³/mol. The average molecular weight is 369 g/mol. The topological polar surface area (TPSA) is 84.7 Å². The number of nitrogens with one attached hydrogen (secondary N) is 1. The highest BCUT2D eigenvalue weighted by molar-refractivity contribution is 5.78. The Morgan fingerprint density at radius 1 is 1.11 bits per heavy atom. The SMILES string of the molecule is O=C(Cc1ccc([N+](=O)[O-])cc1)NCC(c1ccccc1)N1CCOCC1. The number of hydrogen-bond donors (Lipinski definition) is 1. The molecular formula is C20H23N3O4. The fourth-order valence-corrected chi connectivity index (χ4v) is 3.22. The molecule has 0 spiro atoms. The molecule has 0 aliphatic carbocycles. The second-order valence-electron chi connectivity index (χ2n) is 6.48. The van der Waals surface area contributed by atoms with E-state index in [-0.39, 0.29) is 24.1 Å². The van der Waals surface area contributed by atoms with Crippen molar-refractivity contribution in [2.24, 2.45) is 0 Å². The van der Waals surface area contributed by atoms with Crippen LogP contribution in [-0.4, -0.2) is 48.6 Å². The molecular weight excluding hydrogens is 346 g/mol. The molecule has 27 heavy (non-hydrogen) atoms. The number of rotatable bonds is 7. The van der Waals surface area contributed by atoms with Crippen LogP contribution >= 0.6 is 0 Å². The number of carbonyl (C=O) groups excluding carboxylic acids is 1. The Balaban J connectivity index is 1.60. The minimum Gasteiger partial charge on any atom is -0.379 e. The largest absolute Gasteiger partial charge is 0.379 e. The van der Waals surface area contributed by atoms with E-state index in [0.29, 0.717) is 19.8 Å². The zero-order valence-corrected chi connectivity index (χ0v) is 15.0. The minimum absolute atomic E-state index is 0.0237. The molecule has 7 nitrogen and oxygen atoms in total. The van der Waals surface area contributed by atoms with Gasteiger partial charge in [0.25, 0.3) is 5.69 Å². The van der Waals surface area contributed by atoms with Crippen molar-refractivity contribution in [1.82, 2.24) is 10.2 Å². The number of nitrogens with zero attached hydrogens (tertiary/aromatic N) is 2. The summed E-state index contributed by atoms with van der Waals surface area (Å²) in [4.78, 5) is 24.9. The third-order valence-corrected chi connectivity index (χ3v) is 4.68. The van der Waals surface area contributed by atoms with Crippen LogP contribution in [0, 0.1) is 10.1 Å². The molecule has 1 aliphatic heterocycles. The first-order chi connectivity index (χ1) is 13.1. The van der Waals surface area contributed by atoms with E-state index >= 15 is 0 Å². The van der Waals surface area contributed by atoms with Crippen LogP contribution in [0.25, 0.3) is 0 Å². The summed E-state index contributed by atoms with van der Waals surface area (Å²) in [6, 6.07) is 16.3. The van der Waals surface area contributed by atoms with Gasteiger partial charge in [-0.1, -0.05) is 42.5 Å². The maximum Gasteiger partial charge on any atom is 0.269 e. The second kappa shape index (κ2) is 9.25. The number of nitro groups is 1. The van der Waals surface area contributed by atoms with Gasteiger partial charge in [0.15, 0.2) is 0 Å². The van der Waals surface area contributed by atoms with Crippen molar-refractivity contribution in [3.8, 4) is 0 Å². The zero-order valence-electron chi connectivity index (χ0n) is 15.0. The lowest BCUT2D eigenvalue weighted by Gasteiger charge is -2.35. The summed E-state index contributed by atoms with van der Waals surface area (Å²) in [6.07, 6.45) is 0.197. The van der Waals surface area contributed by atoms with Gasteiger partial charge >= 0.3 is 0 Å². The lowest BCUT2D eigenvalue weighted by Crippen LogP contribution is -2.44. The standard InChI is InChI=1S/C20H23N3O4/c24-20(14-16-6-8-18(9-7-16)23(25)26)21-15-19(17-4-2-1-3-5-17)22-10-12-27-13-11-22/h1-9,19H,10-15H2,(H,21,24). The Morgan fingerprint density at radius 2 is 1.78 bits per heavy atom. The predicted octanol–water partition coefficient (Wildman–Crippen LogP) is 2.33. The third-order valence-electron chi connectivity index (χ3n) is 4.68. The van der Waals surface area contributed by atoms with E-state index in [9.17, 15) is 14.9 Å². The second-order valence-corrected chi connectivity index (χ2v) is 6.48. The van der Waals surface area contributed by atoms with Gasteiger partial charge in [0.2, 0.25) is 5.91 Å². The van der Waals surface area contributed by atoms with Crippen molar-refractivity contribution in [2.75, 3.05) is 32.8 Å². The Bertz CT molecular complexity index is 759. The van der Waals surface area contributed by atoms with Gasteiger partial charge in [0, 0.05) is 31.8 Å². The number of morpholine rings is 1. The molecule has 2 aromatic rings. The van der Waals surface area contributed by atoms with Crippen molar-refractivity contribution in [3.05, 3.63) is 75.8 Å². The molecule has 0 aromatic heterocycles. The number of carbonyl (C=O) groups is 1. The van der Waals surface area contributed by atoms with E-state index in [2.05, 4.69) is 22.3 Å². The molecule has 1 amide bonds. The summed E-state index contributed by atoms with van der Waals surface area (Å²) in [5, 5.41) is 13.7. The van der Waals surface area contributed by atoms with Crippen LogP contribution in [0.1, 0.15) is 17.2 Å². The van der Waals surface area contributed by atoms with Gasteiger partial charge in [-0.3, -0.25) is 19.8 Å². The fraction of sp³-hybridized carbons (Fsp3) is 0.350. The lowest BCUT2D eigenvalue weighted by atomic mass is 10.0. The summed E-state index contributed by atoms with van der Waals surface area (Å²) in [7, 11) is 0. The van der Waals surface area contributed by atoms with Crippen molar-refractivity contribution in [1.29, 1.82) is 0 Å². The first kappa shape index (κ1) is 19.0. The normalized spacial score (nSPS) is 15.9. The Hall–Kier alpha value is -2.77. The average Bonchev–Trinajstić information content (AvgIpc) is 2.70. The zero-order chi connectivity index (χ0) is 19.1. The van der Waals surface area contributed by atoms with Gasteiger partial charge in [0.05, 0.1) is 30.6 Å². The van der Waals surface area contributed by atoms with E-state index in [1.807, 2.05) is 18.2 Å². The van der Waals surface area contributed by atoms with Crippen LogP contribution in [0.2, 0.25) is 0 Å². The molecule has 1 heterocycles. The Kier molecular flexibility index (Phi) is 6.51. The van der Waals surface area contributed by atoms with Crippen LogP contribution in [-0.2, 0) is 16.0 Å². The molecule has 3 rings (SSSR count). The summed E-state index contributed by atoms with van der Waals surface area (Å²) in [5.41, 5.74) is 1.94. The number of hydrogen-bond acceptors (Lipinski definition) is 5. The van der Waals surface area contributed by atoms with Crippen molar-refractivity contribution < 1.29 is 14.5 Å². The number of benzene rings is 2. The highest BCUT2D eigenvalue weighted by Crippen LogP contribution is 2.21. The Labute approximate surface area is 158 Å². The van der Waals surface area contributed by atoms with E-state index in [1.54, 1.807) is 12.1 Å². The molecule has 1 unspecified atom stereocenters. The molecule has 0 radical (unpaired) electrons. The smallest absolute Gasteiger partial charge is 0.269 e. The maximum absolute atomic E-state index is 12.4. The number of amides is 1. The van der Waals surface area contributed by atoms with Gasteiger partial charge in [-0.25, -0.2) is 0 Å². The molecule has 1 N–H and O–H groups in total. The molecule has 2 aromatic carbocycles. The number of nitro benzene ring substituents is 1. The summed E-state index contributed by atoms with van der Waals surface area (Å²) >= 11 is 0. The maximum atomic E-state index is 12.4. The molecule has 0 bridgehead atoms. The van der Waals surface area contributed by atoms with E-state index in [1.165, 1.54) is 12.1 Å². The third kappa shape index (κ3) is 5.35. The Morgan fingerprint density at radius 3 is 2.41 bits per heavy atom. The van der Waals surface area contributed by atoms with E-state index in [0.717, 1.165) is 24.2 Å². The first-order valence-electron chi connectivity index (χ1n) is 9.00. The van der Waals surface area contributed by atoms with Gasteiger partial charge in [-0.2, -0.15) is 0 Å². The fourth-order valence-electron chi connectivity index (χ4n) is 3.22. The van der Waals surface area contributed by atoms with Crippen LogP contribution < -0.4 is 5.32 Å². The van der Waals surface area contributed by atoms with Crippen LogP contribution in [0.3, 0.4) is 0 Å². The monoisotopic (exact) mass is 369 g/mol. The summed E-state index contributed by atoms with van der Waals surface area (Å²) in [6.45, 7) is 3.56. The van der Waals surface area contributed by atoms with Crippen LogP contribution in [0.4, 0.5) is 5.69 Å². The van der Waals surface area contributed by atoms with Gasteiger partial charge in [-0.05, 0) is 11.1 Å². The van der Waals surface area contributed by atoms with Gasteiger partial charge in [-0.15, -0.1) is 0 Å². The van der Waals surface area contributed by atoms with Gasteiger partial charge in [0.1, 0.15) is 0 Å². The number of non-ortho nitro benzene ring substituents is 1. The van der Waals surface area contributed by atoms with Crippen molar-refractivity contribution >= 4 is 11.6 Å². The summed E-state index contributed by atoms with van der Waals surface area (Å²) in [5.74, 6) is -0.0990. The van der Waals surface area contributed by atoms with E-state index in [4.69, 9.17) is 4.74 Å². The first-order valence-corrected chi connectivity index (χ1v) is 9.00. The molecule has 0 saturated carbocycles. The lowest BCUT2D eigenvalue weighted by molar-refractivity contribution is -0.384. The van der Waals surface area contributed by atoms with Crippen LogP contribution in [0.5, 0.6) is 0 Å². The highest BCUT2D eigenvalue weighted by Gasteiger charge is 2.23. The molecule has 142 valence electrons. The minimum atomic E-state index is -0.448. The van der Waals surface area contributed by atoms with Crippen molar-refractivity contribution in [2.45, 2.75) is 12.5 Å². The molecule has 1 fully saturated rings. The highest BCUT2D eigenvalue weighted by atomic mass is 16.6.